The molecule has 0 aliphatic carbocycles. The molecule has 1 amide bonds. The zero-order chi connectivity index (χ0) is 27.6. The Morgan fingerprint density at radius 3 is 2.74 bits per heavy atom. The van der Waals surface area contributed by atoms with Gasteiger partial charge in [0.2, 0.25) is 10.9 Å². The zero-order valence-corrected chi connectivity index (χ0v) is 22.5. The van der Waals surface area contributed by atoms with Crippen LogP contribution in [0.15, 0.2) is 53.3 Å². The maximum Gasteiger partial charge on any atom is 0.296 e. The number of hydrogen-bond donors (Lipinski definition) is 2. The maximum atomic E-state index is 14.0. The normalized spacial score (nSPS) is 13.9. The number of carbonyl (C=O) groups is 1. The van der Waals surface area contributed by atoms with Crippen LogP contribution in [0.5, 0.6) is 5.75 Å². The predicted octanol–water partition coefficient (Wildman–Crippen LogP) is 4.06. The van der Waals surface area contributed by atoms with Gasteiger partial charge in [-0.05, 0) is 44.0 Å². The Bertz CT molecular complexity index is 1570. The molecule has 0 atom stereocenters. The minimum atomic E-state index is -0.877. The molecule has 0 saturated heterocycles. The fourth-order valence-electron chi connectivity index (χ4n) is 4.22. The number of benzene rings is 2. The highest BCUT2D eigenvalue weighted by molar-refractivity contribution is 7.15. The molecule has 4 aromatic rings. The van der Waals surface area contributed by atoms with Gasteiger partial charge in [0.15, 0.2) is 5.69 Å². The number of amides is 1. The van der Waals surface area contributed by atoms with E-state index in [-0.39, 0.29) is 24.6 Å². The lowest BCUT2D eigenvalue weighted by Crippen LogP contribution is -2.43. The van der Waals surface area contributed by atoms with Crippen LogP contribution in [-0.4, -0.2) is 32.3 Å². The molecule has 5 rings (SSSR count). The Kier molecular flexibility index (Phi) is 7.40. The summed E-state index contributed by atoms with van der Waals surface area (Å²) in [5.74, 6) is -0.856. The second-order valence-electron chi connectivity index (χ2n) is 9.44. The van der Waals surface area contributed by atoms with Gasteiger partial charge in [-0.3, -0.25) is 14.2 Å². The van der Waals surface area contributed by atoms with Crippen LogP contribution in [0.25, 0.3) is 0 Å². The Balaban J connectivity index is 1.44. The molecule has 0 saturated carbocycles. The van der Waals surface area contributed by atoms with Gasteiger partial charge >= 0.3 is 0 Å². The average Bonchev–Trinajstić information content (AvgIpc) is 3.32. The van der Waals surface area contributed by atoms with Crippen molar-refractivity contribution in [2.75, 3.05) is 11.9 Å². The maximum absolute atomic E-state index is 14.0. The van der Waals surface area contributed by atoms with E-state index < -0.39 is 22.9 Å². The molecule has 2 aromatic carbocycles. The number of ether oxygens (including phenoxy) is 2. The summed E-state index contributed by atoms with van der Waals surface area (Å²) in [5, 5.41) is 15.1. The van der Waals surface area contributed by atoms with Gasteiger partial charge in [-0.1, -0.05) is 47.7 Å². The smallest absolute Gasteiger partial charge is 0.296 e. The lowest BCUT2D eigenvalue weighted by molar-refractivity contribution is -0.0567. The van der Waals surface area contributed by atoms with Gasteiger partial charge in [0, 0.05) is 12.2 Å². The van der Waals surface area contributed by atoms with Gasteiger partial charge in [0.05, 0.1) is 13.2 Å². The number of halogens is 1. The van der Waals surface area contributed by atoms with Crippen LogP contribution in [0, 0.1) is 12.7 Å². The van der Waals surface area contributed by atoms with E-state index in [0.29, 0.717) is 35.4 Å². The minimum Gasteiger partial charge on any atom is -0.481 e. The monoisotopic (exact) mass is 550 g/mol. The van der Waals surface area contributed by atoms with E-state index >= 15 is 0 Å². The van der Waals surface area contributed by atoms with Crippen molar-refractivity contribution in [3.8, 4) is 5.75 Å². The molecular formula is C27H27FN6O4S. The van der Waals surface area contributed by atoms with Crippen LogP contribution >= 0.6 is 11.3 Å². The first-order valence-electron chi connectivity index (χ1n) is 12.3. The molecule has 39 heavy (non-hydrogen) atoms. The van der Waals surface area contributed by atoms with Crippen molar-refractivity contribution < 1.29 is 18.7 Å². The lowest BCUT2D eigenvalue weighted by atomic mass is 10.1. The van der Waals surface area contributed by atoms with E-state index in [9.17, 15) is 14.0 Å². The van der Waals surface area contributed by atoms with Gasteiger partial charge in [-0.25, -0.2) is 9.37 Å². The summed E-state index contributed by atoms with van der Waals surface area (Å²) in [6.45, 7) is 6.14. The van der Waals surface area contributed by atoms with Gasteiger partial charge in [0.25, 0.3) is 11.5 Å². The van der Waals surface area contributed by atoms with E-state index in [0.717, 1.165) is 10.6 Å². The van der Waals surface area contributed by atoms with E-state index in [2.05, 4.69) is 25.8 Å². The number of aromatic nitrogens is 4. The standard InChI is InChI=1S/C27H27FN6O4S/c1-16-32-33-26(39-16)30-20-13-19(28)10-9-18(20)14-29-23(35)21-22(37-15-17-7-5-4-6-8-17)24(36)34-11-12-38-27(2,3)25(34)31-21/h4-10,13H,11-12,14-15H2,1-3H3,(H,29,35)(H,30,33). The summed E-state index contributed by atoms with van der Waals surface area (Å²) in [7, 11) is 0. The summed E-state index contributed by atoms with van der Waals surface area (Å²) < 4.78 is 27.3. The molecule has 2 N–H and O–H groups in total. The molecule has 202 valence electrons. The first-order valence-corrected chi connectivity index (χ1v) is 13.1. The van der Waals surface area contributed by atoms with Crippen LogP contribution in [0.4, 0.5) is 15.2 Å². The molecular weight excluding hydrogens is 523 g/mol. The quantitative estimate of drug-likeness (QED) is 0.337. The Labute approximate surface area is 227 Å². The second-order valence-corrected chi connectivity index (χ2v) is 10.6. The summed E-state index contributed by atoms with van der Waals surface area (Å²) in [5.41, 5.74) is 0.398. The zero-order valence-electron chi connectivity index (χ0n) is 21.7. The molecule has 0 bridgehead atoms. The second kappa shape index (κ2) is 10.9. The molecule has 2 aromatic heterocycles. The number of aryl methyl sites for hydroxylation is 1. The first-order chi connectivity index (χ1) is 18.7. The van der Waals surface area contributed by atoms with E-state index in [1.54, 1.807) is 19.9 Å². The fourth-order valence-corrected chi connectivity index (χ4v) is 4.82. The van der Waals surface area contributed by atoms with Crippen molar-refractivity contribution in [3.05, 3.63) is 92.4 Å². The molecule has 0 unspecified atom stereocenters. The lowest BCUT2D eigenvalue weighted by Gasteiger charge is -2.32. The molecule has 1 aliphatic rings. The van der Waals surface area contributed by atoms with E-state index in [1.807, 2.05) is 37.3 Å². The Morgan fingerprint density at radius 2 is 2.00 bits per heavy atom. The van der Waals surface area contributed by atoms with Gasteiger partial charge in [-0.2, -0.15) is 0 Å². The molecule has 3 heterocycles. The van der Waals surface area contributed by atoms with Crippen molar-refractivity contribution in [2.45, 2.75) is 46.1 Å². The third kappa shape index (κ3) is 5.81. The fraction of sp³-hybridized carbons (Fsp3) is 0.296. The van der Waals surface area contributed by atoms with Crippen molar-refractivity contribution in [1.82, 2.24) is 25.1 Å². The van der Waals surface area contributed by atoms with Crippen LogP contribution in [-0.2, 0) is 30.0 Å². The highest BCUT2D eigenvalue weighted by Crippen LogP contribution is 2.28. The summed E-state index contributed by atoms with van der Waals surface area (Å²) in [6.07, 6.45) is 0. The summed E-state index contributed by atoms with van der Waals surface area (Å²) >= 11 is 1.32. The van der Waals surface area contributed by atoms with Crippen molar-refractivity contribution in [1.29, 1.82) is 0 Å². The number of nitrogens with zero attached hydrogens (tertiary/aromatic N) is 4. The van der Waals surface area contributed by atoms with Crippen LogP contribution < -0.4 is 20.9 Å². The Morgan fingerprint density at radius 1 is 1.21 bits per heavy atom. The van der Waals surface area contributed by atoms with E-state index in [4.69, 9.17) is 9.47 Å². The SMILES string of the molecule is Cc1nnc(Nc2cc(F)ccc2CNC(=O)c2nc3n(c(=O)c2OCc2ccccc2)CCOC3(C)C)s1. The number of rotatable bonds is 8. The van der Waals surface area contributed by atoms with Crippen LogP contribution in [0.1, 0.15) is 46.3 Å². The molecule has 0 fully saturated rings. The van der Waals surface area contributed by atoms with Crippen molar-refractivity contribution in [2.24, 2.45) is 0 Å². The molecule has 12 heteroatoms. The predicted molar refractivity (Wildman–Crippen MR) is 144 cm³/mol. The molecule has 10 nitrogen and oxygen atoms in total. The van der Waals surface area contributed by atoms with Gasteiger partial charge in [0.1, 0.15) is 28.9 Å². The van der Waals surface area contributed by atoms with Gasteiger partial charge < -0.3 is 20.1 Å². The first kappa shape index (κ1) is 26.4. The topological polar surface area (TPSA) is 120 Å². The van der Waals surface area contributed by atoms with Crippen LogP contribution in [0.3, 0.4) is 0 Å². The minimum absolute atomic E-state index is 0.0251. The van der Waals surface area contributed by atoms with Crippen LogP contribution in [0.2, 0.25) is 0 Å². The summed E-state index contributed by atoms with van der Waals surface area (Å²) in [4.78, 5) is 31.6. The highest BCUT2D eigenvalue weighted by Gasteiger charge is 2.35. The Hall–Kier alpha value is -4.16. The molecule has 0 spiro atoms. The number of hydrogen-bond acceptors (Lipinski definition) is 9. The third-order valence-corrected chi connectivity index (χ3v) is 6.92. The molecule has 0 radical (unpaired) electrons. The number of fused-ring (bicyclic) bond motifs is 1. The number of nitrogens with one attached hydrogen (secondary N) is 2. The van der Waals surface area contributed by atoms with Crippen molar-refractivity contribution in [3.63, 3.8) is 0 Å². The molecule has 1 aliphatic heterocycles. The number of anilines is 2. The van der Waals surface area contributed by atoms with Gasteiger partial charge in [-0.15, -0.1) is 10.2 Å². The highest BCUT2D eigenvalue weighted by atomic mass is 32.1. The number of carbonyl (C=O) groups excluding carboxylic acids is 1. The summed E-state index contributed by atoms with van der Waals surface area (Å²) in [6, 6.07) is 13.5. The largest absolute Gasteiger partial charge is 0.481 e. The van der Waals surface area contributed by atoms with Crippen molar-refractivity contribution >= 4 is 28.1 Å². The third-order valence-electron chi connectivity index (χ3n) is 6.16. The van der Waals surface area contributed by atoms with E-state index in [1.165, 1.54) is 28.0 Å². The average molecular weight is 551 g/mol.